The van der Waals surface area contributed by atoms with Crippen LogP contribution in [0, 0.1) is 34.2 Å². The Kier molecular flexibility index (Phi) is 7.83. The summed E-state index contributed by atoms with van der Waals surface area (Å²) >= 11 is 7.63. The van der Waals surface area contributed by atoms with Gasteiger partial charge in [-0.3, -0.25) is 14.7 Å². The molecule has 0 saturated carbocycles. The van der Waals surface area contributed by atoms with Crippen LogP contribution in [0.15, 0.2) is 71.9 Å². The molecule has 4 aromatic rings. The first-order valence-corrected chi connectivity index (χ1v) is 12.0. The van der Waals surface area contributed by atoms with E-state index in [0.717, 1.165) is 17.3 Å². The number of benzene rings is 3. The first kappa shape index (κ1) is 25.2. The first-order valence-electron chi connectivity index (χ1n) is 10.7. The van der Waals surface area contributed by atoms with E-state index in [9.17, 15) is 19.8 Å². The molecular formula is C25H19ClFN5O3S. The molecule has 3 aromatic carbocycles. The molecule has 36 heavy (non-hydrogen) atoms. The molecule has 4 rings (SSSR count). The minimum absolute atomic E-state index is 0.149. The monoisotopic (exact) mass is 523 g/mol. The van der Waals surface area contributed by atoms with Crippen LogP contribution in [0.3, 0.4) is 0 Å². The highest BCUT2D eigenvalue weighted by Crippen LogP contribution is 2.38. The molecule has 1 heterocycles. The summed E-state index contributed by atoms with van der Waals surface area (Å²) in [4.78, 5) is 11.1. The van der Waals surface area contributed by atoms with E-state index in [1.807, 2.05) is 6.07 Å². The Morgan fingerprint density at radius 3 is 2.64 bits per heavy atom. The Hall–Kier alpha value is -3.94. The molecule has 11 heteroatoms. The number of halogens is 2. The highest BCUT2D eigenvalue weighted by Gasteiger charge is 2.24. The van der Waals surface area contributed by atoms with Gasteiger partial charge in [0.2, 0.25) is 6.54 Å². The normalized spacial score (nSPS) is 11.6. The number of rotatable bonds is 9. The van der Waals surface area contributed by atoms with Crippen LogP contribution < -0.4 is 4.74 Å². The summed E-state index contributed by atoms with van der Waals surface area (Å²) in [6.07, 6.45) is 0. The SMILES string of the molecule is Cc1nnc(S[C@H](C[N+](=O)[O-])c2ccc(OCc3ccccc3C#N)c(Cl)c2)n1-c1ccc(F)cc1. The molecule has 1 aromatic heterocycles. The quantitative estimate of drug-likeness (QED) is 0.152. The lowest BCUT2D eigenvalue weighted by molar-refractivity contribution is -0.479. The van der Waals surface area contributed by atoms with Crippen molar-refractivity contribution in [2.24, 2.45) is 0 Å². The van der Waals surface area contributed by atoms with Gasteiger partial charge in [-0.05, 0) is 55.0 Å². The Morgan fingerprint density at radius 1 is 1.19 bits per heavy atom. The summed E-state index contributed by atoms with van der Waals surface area (Å²) in [6.45, 7) is 1.51. The summed E-state index contributed by atoms with van der Waals surface area (Å²) in [5, 5.41) is 29.1. The van der Waals surface area contributed by atoms with E-state index < -0.39 is 10.2 Å². The van der Waals surface area contributed by atoms with Gasteiger partial charge in [0, 0.05) is 16.2 Å². The Morgan fingerprint density at radius 2 is 1.94 bits per heavy atom. The molecule has 1 atom stereocenters. The summed E-state index contributed by atoms with van der Waals surface area (Å²) in [7, 11) is 0. The van der Waals surface area contributed by atoms with Gasteiger partial charge < -0.3 is 4.74 Å². The maximum Gasteiger partial charge on any atom is 0.220 e. The second-order valence-corrected chi connectivity index (χ2v) is 9.29. The van der Waals surface area contributed by atoms with Crippen LogP contribution in [-0.2, 0) is 6.61 Å². The van der Waals surface area contributed by atoms with Crippen molar-refractivity contribution in [2.75, 3.05) is 6.54 Å². The molecule has 0 radical (unpaired) electrons. The lowest BCUT2D eigenvalue weighted by atomic mass is 10.1. The Bertz CT molecular complexity index is 1440. The Labute approximate surface area is 215 Å². The van der Waals surface area contributed by atoms with Crippen LogP contribution in [-0.4, -0.2) is 26.2 Å². The van der Waals surface area contributed by atoms with Crippen molar-refractivity contribution in [1.29, 1.82) is 5.26 Å². The summed E-state index contributed by atoms with van der Waals surface area (Å²) in [6, 6.07) is 20.0. The van der Waals surface area contributed by atoms with Crippen LogP contribution >= 0.6 is 23.4 Å². The van der Waals surface area contributed by atoms with Gasteiger partial charge in [0.25, 0.3) is 0 Å². The summed E-state index contributed by atoms with van der Waals surface area (Å²) in [5.74, 6) is 0.574. The molecule has 0 unspecified atom stereocenters. The number of ether oxygens (including phenoxy) is 1. The third-order valence-corrected chi connectivity index (χ3v) is 6.77. The van der Waals surface area contributed by atoms with Crippen molar-refractivity contribution in [3.8, 4) is 17.5 Å². The van der Waals surface area contributed by atoms with Gasteiger partial charge in [-0.2, -0.15) is 5.26 Å². The fourth-order valence-corrected chi connectivity index (χ4v) is 4.93. The minimum Gasteiger partial charge on any atom is -0.487 e. The molecule has 182 valence electrons. The molecule has 0 aliphatic heterocycles. The predicted octanol–water partition coefficient (Wildman–Crippen LogP) is 5.93. The van der Waals surface area contributed by atoms with Crippen LogP contribution in [0.5, 0.6) is 5.75 Å². The number of aromatic nitrogens is 3. The van der Waals surface area contributed by atoms with Gasteiger partial charge in [-0.15, -0.1) is 10.2 Å². The summed E-state index contributed by atoms with van der Waals surface area (Å²) in [5.41, 5.74) is 2.48. The van der Waals surface area contributed by atoms with E-state index >= 15 is 0 Å². The third kappa shape index (κ3) is 5.82. The van der Waals surface area contributed by atoms with E-state index in [-0.39, 0.29) is 24.0 Å². The lowest BCUT2D eigenvalue weighted by Crippen LogP contribution is -2.11. The predicted molar refractivity (Wildman–Crippen MR) is 133 cm³/mol. The molecule has 0 aliphatic rings. The van der Waals surface area contributed by atoms with Crippen LogP contribution in [0.4, 0.5) is 4.39 Å². The van der Waals surface area contributed by atoms with Crippen molar-refractivity contribution in [1.82, 2.24) is 14.8 Å². The molecule has 0 bridgehead atoms. The van der Waals surface area contributed by atoms with E-state index in [1.165, 1.54) is 12.1 Å². The zero-order valence-corrected chi connectivity index (χ0v) is 20.5. The van der Waals surface area contributed by atoms with E-state index in [2.05, 4.69) is 16.3 Å². The average Bonchev–Trinajstić information content (AvgIpc) is 3.23. The number of thioether (sulfide) groups is 1. The van der Waals surface area contributed by atoms with Gasteiger partial charge in [-0.1, -0.05) is 47.6 Å². The molecule has 8 nitrogen and oxygen atoms in total. The van der Waals surface area contributed by atoms with E-state index in [4.69, 9.17) is 16.3 Å². The third-order valence-electron chi connectivity index (χ3n) is 5.29. The van der Waals surface area contributed by atoms with Crippen molar-refractivity contribution in [2.45, 2.75) is 23.9 Å². The zero-order chi connectivity index (χ0) is 25.7. The van der Waals surface area contributed by atoms with Gasteiger partial charge in [0.05, 0.1) is 16.7 Å². The highest BCUT2D eigenvalue weighted by molar-refractivity contribution is 7.99. The number of hydrogen-bond acceptors (Lipinski definition) is 7. The van der Waals surface area contributed by atoms with Crippen molar-refractivity contribution < 1.29 is 14.1 Å². The number of nitriles is 1. The van der Waals surface area contributed by atoms with Crippen LogP contribution in [0.1, 0.15) is 27.8 Å². The standard InChI is InChI=1S/C25H19ClFN5O3S/c1-16-29-30-25(32(16)21-9-7-20(27)8-10-21)36-24(14-31(33)34)17-6-11-23(22(26)12-17)35-15-19-5-3-2-4-18(19)13-28/h2-12,24H,14-15H2,1H3/t24-/m1/s1. The molecular weight excluding hydrogens is 505 g/mol. The fraction of sp³-hybridized carbons (Fsp3) is 0.160. The van der Waals surface area contributed by atoms with Gasteiger partial charge >= 0.3 is 0 Å². The molecule has 0 fully saturated rings. The molecule has 0 saturated heterocycles. The average molecular weight is 524 g/mol. The van der Waals surface area contributed by atoms with Crippen molar-refractivity contribution in [3.05, 3.63) is 110 Å². The molecule has 0 amide bonds. The first-order chi connectivity index (χ1) is 17.4. The molecule has 0 spiro atoms. The second-order valence-electron chi connectivity index (χ2n) is 7.71. The maximum absolute atomic E-state index is 13.4. The lowest BCUT2D eigenvalue weighted by Gasteiger charge is -2.16. The largest absolute Gasteiger partial charge is 0.487 e. The van der Waals surface area contributed by atoms with Gasteiger partial charge in [-0.25, -0.2) is 4.39 Å². The topological polar surface area (TPSA) is 107 Å². The number of aryl methyl sites for hydroxylation is 1. The number of nitro groups is 1. The fourth-order valence-electron chi connectivity index (χ4n) is 3.53. The number of nitrogens with zero attached hydrogens (tertiary/aromatic N) is 5. The van der Waals surface area contributed by atoms with E-state index in [0.29, 0.717) is 33.5 Å². The zero-order valence-electron chi connectivity index (χ0n) is 19.0. The minimum atomic E-state index is -0.631. The van der Waals surface area contributed by atoms with E-state index in [1.54, 1.807) is 60.0 Å². The second kappa shape index (κ2) is 11.2. The van der Waals surface area contributed by atoms with Crippen LogP contribution in [0.25, 0.3) is 5.69 Å². The maximum atomic E-state index is 13.4. The van der Waals surface area contributed by atoms with Gasteiger partial charge in [0.15, 0.2) is 5.16 Å². The smallest absolute Gasteiger partial charge is 0.220 e. The highest BCUT2D eigenvalue weighted by atomic mass is 35.5. The number of hydrogen-bond donors (Lipinski definition) is 0. The van der Waals surface area contributed by atoms with Crippen molar-refractivity contribution >= 4 is 23.4 Å². The van der Waals surface area contributed by atoms with Gasteiger partial charge in [0.1, 0.15) is 29.2 Å². The molecule has 0 N–H and O–H groups in total. The van der Waals surface area contributed by atoms with Crippen molar-refractivity contribution in [3.63, 3.8) is 0 Å². The Balaban J connectivity index is 1.58. The van der Waals surface area contributed by atoms with Crippen LogP contribution in [0.2, 0.25) is 5.02 Å². The molecule has 0 aliphatic carbocycles. The summed E-state index contributed by atoms with van der Waals surface area (Å²) < 4.78 is 20.9.